The van der Waals surface area contributed by atoms with Crippen LogP contribution in [0.15, 0.2) is 30.3 Å². The molecule has 1 heterocycles. The van der Waals surface area contributed by atoms with Gasteiger partial charge >= 0.3 is 0 Å². The van der Waals surface area contributed by atoms with E-state index in [4.69, 9.17) is 0 Å². The number of H-pyrrole nitrogens is 1. The molecule has 0 unspecified atom stereocenters. The van der Waals surface area contributed by atoms with Crippen molar-refractivity contribution >= 4 is 6.29 Å². The number of nitrogens with zero attached hydrogens (tertiary/aromatic N) is 1. The van der Waals surface area contributed by atoms with Gasteiger partial charge in [-0.15, -0.1) is 0 Å². The maximum Gasteiger partial charge on any atom is 0.170 e. The molecular weight excluding hydrogens is 188 g/mol. The summed E-state index contributed by atoms with van der Waals surface area (Å²) in [5.41, 5.74) is 2.40. The maximum absolute atomic E-state index is 10.7. The molecule has 1 aromatic carbocycles. The van der Waals surface area contributed by atoms with E-state index in [0.717, 1.165) is 29.8 Å². The number of aldehydes is 1. The lowest BCUT2D eigenvalue weighted by atomic mass is 10.2. The topological polar surface area (TPSA) is 45.8 Å². The molecule has 1 aromatic heterocycles. The Morgan fingerprint density at radius 2 is 2.07 bits per heavy atom. The highest BCUT2D eigenvalue weighted by atomic mass is 16.1. The number of aryl methyl sites for hydroxylation is 1. The summed E-state index contributed by atoms with van der Waals surface area (Å²) in [4.78, 5) is 18.2. The van der Waals surface area contributed by atoms with Crippen molar-refractivity contribution in [3.63, 3.8) is 0 Å². The van der Waals surface area contributed by atoms with Gasteiger partial charge in [-0.3, -0.25) is 4.79 Å². The zero-order valence-electron chi connectivity index (χ0n) is 8.53. The molecule has 0 atom stereocenters. The summed E-state index contributed by atoms with van der Waals surface area (Å²) >= 11 is 0. The first-order valence-electron chi connectivity index (χ1n) is 4.94. The Bertz CT molecular complexity index is 460. The van der Waals surface area contributed by atoms with E-state index in [1.807, 2.05) is 37.3 Å². The summed E-state index contributed by atoms with van der Waals surface area (Å²) in [7, 11) is 0. The van der Waals surface area contributed by atoms with Crippen LogP contribution < -0.4 is 0 Å². The fourth-order valence-electron chi connectivity index (χ4n) is 1.52. The molecule has 0 amide bonds. The lowest BCUT2D eigenvalue weighted by molar-refractivity contribution is 0.111. The third kappa shape index (κ3) is 1.81. The third-order valence-corrected chi connectivity index (χ3v) is 2.32. The molecule has 0 bridgehead atoms. The summed E-state index contributed by atoms with van der Waals surface area (Å²) in [5.74, 6) is 0.759. The van der Waals surface area contributed by atoms with Crippen molar-refractivity contribution in [1.82, 2.24) is 9.97 Å². The van der Waals surface area contributed by atoms with E-state index in [-0.39, 0.29) is 0 Å². The van der Waals surface area contributed by atoms with Crippen LogP contribution in [0.5, 0.6) is 0 Å². The standard InChI is InChI=1S/C12H12N2O/c1-2-10-11(8-15)14-12(13-10)9-6-4-3-5-7-9/h3-8H,2H2,1H3,(H,13,14). The second-order valence-corrected chi connectivity index (χ2v) is 3.29. The summed E-state index contributed by atoms with van der Waals surface area (Å²) in [6.45, 7) is 2.00. The number of hydrogen-bond acceptors (Lipinski definition) is 2. The number of imidazole rings is 1. The first-order chi connectivity index (χ1) is 7.35. The van der Waals surface area contributed by atoms with E-state index in [9.17, 15) is 4.79 Å². The molecule has 0 radical (unpaired) electrons. The van der Waals surface area contributed by atoms with Gasteiger partial charge in [-0.05, 0) is 6.42 Å². The van der Waals surface area contributed by atoms with Gasteiger partial charge in [0.2, 0.25) is 0 Å². The normalized spacial score (nSPS) is 10.2. The maximum atomic E-state index is 10.7. The first kappa shape index (κ1) is 9.65. The number of aromatic amines is 1. The van der Waals surface area contributed by atoms with E-state index in [1.54, 1.807) is 0 Å². The van der Waals surface area contributed by atoms with Crippen LogP contribution in [0, 0.1) is 0 Å². The number of carbonyl (C=O) groups excluding carboxylic acids is 1. The first-order valence-corrected chi connectivity index (χ1v) is 4.94. The molecule has 0 saturated heterocycles. The van der Waals surface area contributed by atoms with Gasteiger partial charge in [0.25, 0.3) is 0 Å². The van der Waals surface area contributed by atoms with Crippen LogP contribution in [0.3, 0.4) is 0 Å². The van der Waals surface area contributed by atoms with Crippen molar-refractivity contribution in [1.29, 1.82) is 0 Å². The summed E-state index contributed by atoms with van der Waals surface area (Å²) in [6.07, 6.45) is 1.58. The van der Waals surface area contributed by atoms with Crippen molar-refractivity contribution in [2.75, 3.05) is 0 Å². The molecule has 0 saturated carbocycles. The molecule has 0 fully saturated rings. The van der Waals surface area contributed by atoms with Crippen LogP contribution in [-0.2, 0) is 6.42 Å². The molecule has 0 aliphatic rings. The minimum absolute atomic E-state index is 0.511. The highest BCUT2D eigenvalue weighted by Crippen LogP contribution is 2.17. The van der Waals surface area contributed by atoms with E-state index in [2.05, 4.69) is 9.97 Å². The van der Waals surface area contributed by atoms with Crippen molar-refractivity contribution < 1.29 is 4.79 Å². The number of carbonyl (C=O) groups is 1. The average Bonchev–Trinajstić information content (AvgIpc) is 2.73. The van der Waals surface area contributed by atoms with Gasteiger partial charge in [-0.25, -0.2) is 4.98 Å². The molecular formula is C12H12N2O. The summed E-state index contributed by atoms with van der Waals surface area (Å²) in [5, 5.41) is 0. The number of nitrogens with one attached hydrogen (secondary N) is 1. The molecule has 76 valence electrons. The Morgan fingerprint density at radius 3 is 2.60 bits per heavy atom. The third-order valence-electron chi connectivity index (χ3n) is 2.32. The quantitative estimate of drug-likeness (QED) is 0.773. The lowest BCUT2D eigenvalue weighted by Gasteiger charge is -1.94. The van der Waals surface area contributed by atoms with Crippen molar-refractivity contribution in [2.24, 2.45) is 0 Å². The fraction of sp³-hybridized carbons (Fsp3) is 0.167. The van der Waals surface area contributed by atoms with Crippen LogP contribution in [0.4, 0.5) is 0 Å². The van der Waals surface area contributed by atoms with Gasteiger partial charge in [0.05, 0.1) is 0 Å². The Kier molecular flexibility index (Phi) is 2.63. The SMILES string of the molecule is CCc1[nH]c(-c2ccccc2)nc1C=O. The van der Waals surface area contributed by atoms with Crippen LogP contribution in [0.2, 0.25) is 0 Å². The molecule has 0 spiro atoms. The Labute approximate surface area is 88.2 Å². The molecule has 2 rings (SSSR count). The van der Waals surface area contributed by atoms with E-state index < -0.39 is 0 Å². The molecule has 0 aliphatic carbocycles. The minimum Gasteiger partial charge on any atom is -0.341 e. The second kappa shape index (κ2) is 4.09. The highest BCUT2D eigenvalue weighted by Gasteiger charge is 2.08. The monoisotopic (exact) mass is 200 g/mol. The van der Waals surface area contributed by atoms with E-state index in [1.165, 1.54) is 0 Å². The molecule has 2 aromatic rings. The van der Waals surface area contributed by atoms with Crippen LogP contribution in [0.1, 0.15) is 23.1 Å². The van der Waals surface area contributed by atoms with Gasteiger partial charge < -0.3 is 4.98 Å². The smallest absolute Gasteiger partial charge is 0.170 e. The number of aromatic nitrogens is 2. The van der Waals surface area contributed by atoms with Crippen molar-refractivity contribution in [2.45, 2.75) is 13.3 Å². The van der Waals surface area contributed by atoms with Gasteiger partial charge in [0.15, 0.2) is 6.29 Å². The largest absolute Gasteiger partial charge is 0.341 e. The highest BCUT2D eigenvalue weighted by molar-refractivity contribution is 5.75. The van der Waals surface area contributed by atoms with E-state index in [0.29, 0.717) is 5.69 Å². The Balaban J connectivity index is 2.46. The van der Waals surface area contributed by atoms with Crippen molar-refractivity contribution in [3.8, 4) is 11.4 Å². The molecule has 3 nitrogen and oxygen atoms in total. The zero-order chi connectivity index (χ0) is 10.7. The molecule has 15 heavy (non-hydrogen) atoms. The van der Waals surface area contributed by atoms with Gasteiger partial charge in [-0.2, -0.15) is 0 Å². The van der Waals surface area contributed by atoms with Crippen LogP contribution >= 0.6 is 0 Å². The summed E-state index contributed by atoms with van der Waals surface area (Å²) in [6, 6.07) is 9.78. The zero-order valence-corrected chi connectivity index (χ0v) is 8.53. The molecule has 1 N–H and O–H groups in total. The van der Waals surface area contributed by atoms with Gasteiger partial charge in [0.1, 0.15) is 11.5 Å². The van der Waals surface area contributed by atoms with Crippen LogP contribution in [0.25, 0.3) is 11.4 Å². The predicted molar refractivity (Wildman–Crippen MR) is 58.8 cm³/mol. The Hall–Kier alpha value is -1.90. The number of rotatable bonds is 3. The fourth-order valence-corrected chi connectivity index (χ4v) is 1.52. The average molecular weight is 200 g/mol. The van der Waals surface area contributed by atoms with Gasteiger partial charge in [0, 0.05) is 11.3 Å². The van der Waals surface area contributed by atoms with Crippen LogP contribution in [-0.4, -0.2) is 16.3 Å². The number of hydrogen-bond donors (Lipinski definition) is 1. The minimum atomic E-state index is 0.511. The lowest BCUT2D eigenvalue weighted by Crippen LogP contribution is -1.87. The van der Waals surface area contributed by atoms with E-state index >= 15 is 0 Å². The molecule has 3 heteroatoms. The molecule has 0 aliphatic heterocycles. The van der Waals surface area contributed by atoms with Crippen molar-refractivity contribution in [3.05, 3.63) is 41.7 Å². The predicted octanol–water partition coefficient (Wildman–Crippen LogP) is 2.45. The number of benzene rings is 1. The Morgan fingerprint density at radius 1 is 1.33 bits per heavy atom. The second-order valence-electron chi connectivity index (χ2n) is 3.29. The van der Waals surface area contributed by atoms with Gasteiger partial charge in [-0.1, -0.05) is 37.3 Å². The summed E-state index contributed by atoms with van der Waals surface area (Å²) < 4.78 is 0.